The number of hydrogen-bond donors (Lipinski definition) is 2. The largest absolute Gasteiger partial charge is 0.380 e. The average Bonchev–Trinajstić information content (AvgIpc) is 2.62. The molecule has 2 N–H and O–H groups in total. The number of rotatable bonds is 3. The lowest BCUT2D eigenvalue weighted by atomic mass is 10.1. The first-order valence-corrected chi connectivity index (χ1v) is 6.36. The molecule has 0 amide bonds. The van der Waals surface area contributed by atoms with Gasteiger partial charge < -0.3 is 5.32 Å². The van der Waals surface area contributed by atoms with Crippen LogP contribution in [0.5, 0.6) is 0 Å². The monoisotopic (exact) mass is 293 g/mol. The number of aromatic amines is 1. The van der Waals surface area contributed by atoms with E-state index >= 15 is 0 Å². The highest BCUT2D eigenvalue weighted by Crippen LogP contribution is 2.28. The molecule has 2 rings (SSSR count). The van der Waals surface area contributed by atoms with Crippen LogP contribution in [0, 0.1) is 20.8 Å². The molecule has 0 unspecified atom stereocenters. The van der Waals surface area contributed by atoms with Gasteiger partial charge in [0.2, 0.25) is 0 Å². The Hall–Kier alpha value is -1.29. The number of hydrogen-bond acceptors (Lipinski definition) is 2. The van der Waals surface area contributed by atoms with Crippen molar-refractivity contribution in [2.75, 3.05) is 5.32 Å². The molecule has 1 aromatic heterocycles. The van der Waals surface area contributed by atoms with E-state index in [9.17, 15) is 0 Å². The lowest BCUT2D eigenvalue weighted by molar-refractivity contribution is 1.04. The summed E-state index contributed by atoms with van der Waals surface area (Å²) in [5, 5.41) is 10.4. The number of aromatic nitrogens is 2. The zero-order valence-electron chi connectivity index (χ0n) is 10.3. The smallest absolute Gasteiger partial charge is 0.0539 e. The molecule has 0 aliphatic rings. The van der Waals surface area contributed by atoms with Gasteiger partial charge in [-0.25, -0.2) is 0 Å². The normalized spacial score (nSPS) is 10.6. The Labute approximate surface area is 110 Å². The highest BCUT2D eigenvalue weighted by Gasteiger charge is 2.06. The standard InChI is InChI=1S/C13H16BrN3/c1-8-4-9(2)13(12(14)5-8)15-6-11-7-16-17-10(11)3/h4-5,7,15H,6H2,1-3H3,(H,16,17). The van der Waals surface area contributed by atoms with Crippen molar-refractivity contribution in [3.8, 4) is 0 Å². The second kappa shape index (κ2) is 4.92. The number of H-pyrrole nitrogens is 1. The van der Waals surface area contributed by atoms with Gasteiger partial charge in [0.25, 0.3) is 0 Å². The molecule has 1 heterocycles. The van der Waals surface area contributed by atoms with Gasteiger partial charge in [0.15, 0.2) is 0 Å². The zero-order chi connectivity index (χ0) is 12.4. The van der Waals surface area contributed by atoms with Gasteiger partial charge in [-0.05, 0) is 53.9 Å². The van der Waals surface area contributed by atoms with Gasteiger partial charge in [0.05, 0.1) is 11.9 Å². The van der Waals surface area contributed by atoms with E-state index in [2.05, 4.69) is 57.4 Å². The quantitative estimate of drug-likeness (QED) is 0.906. The van der Waals surface area contributed by atoms with Crippen LogP contribution in [0.4, 0.5) is 5.69 Å². The number of anilines is 1. The van der Waals surface area contributed by atoms with Crippen LogP contribution in [0.15, 0.2) is 22.8 Å². The number of nitrogens with zero attached hydrogens (tertiary/aromatic N) is 1. The van der Waals surface area contributed by atoms with Crippen molar-refractivity contribution in [1.82, 2.24) is 10.2 Å². The van der Waals surface area contributed by atoms with Crippen LogP contribution >= 0.6 is 15.9 Å². The minimum atomic E-state index is 0.783. The van der Waals surface area contributed by atoms with Crippen LogP contribution in [0.25, 0.3) is 0 Å². The van der Waals surface area contributed by atoms with Crippen molar-refractivity contribution >= 4 is 21.6 Å². The van der Waals surface area contributed by atoms with E-state index in [1.807, 2.05) is 13.1 Å². The van der Waals surface area contributed by atoms with Gasteiger partial charge in [-0.3, -0.25) is 5.10 Å². The molecule has 0 atom stereocenters. The van der Waals surface area contributed by atoms with Crippen molar-refractivity contribution in [2.24, 2.45) is 0 Å². The summed E-state index contributed by atoms with van der Waals surface area (Å²) in [6.07, 6.45) is 1.86. The van der Waals surface area contributed by atoms with E-state index in [1.54, 1.807) is 0 Å². The molecule has 0 saturated heterocycles. The lowest BCUT2D eigenvalue weighted by Crippen LogP contribution is -2.02. The molecule has 2 aromatic rings. The summed E-state index contributed by atoms with van der Waals surface area (Å²) < 4.78 is 1.11. The molecule has 0 saturated carbocycles. The van der Waals surface area contributed by atoms with Crippen LogP contribution in [-0.2, 0) is 6.54 Å². The number of nitrogens with one attached hydrogen (secondary N) is 2. The molecule has 0 aliphatic carbocycles. The zero-order valence-corrected chi connectivity index (χ0v) is 11.9. The van der Waals surface area contributed by atoms with Gasteiger partial charge in [-0.15, -0.1) is 0 Å². The second-order valence-electron chi connectivity index (χ2n) is 4.31. The third-order valence-electron chi connectivity index (χ3n) is 2.82. The molecule has 0 spiro atoms. The molecule has 0 fully saturated rings. The van der Waals surface area contributed by atoms with E-state index in [0.29, 0.717) is 0 Å². The van der Waals surface area contributed by atoms with Crippen molar-refractivity contribution in [2.45, 2.75) is 27.3 Å². The van der Waals surface area contributed by atoms with Crippen molar-refractivity contribution in [1.29, 1.82) is 0 Å². The van der Waals surface area contributed by atoms with Crippen LogP contribution in [0.1, 0.15) is 22.4 Å². The van der Waals surface area contributed by atoms with Gasteiger partial charge in [0, 0.05) is 22.3 Å². The van der Waals surface area contributed by atoms with Gasteiger partial charge in [-0.1, -0.05) is 6.07 Å². The average molecular weight is 294 g/mol. The number of halogens is 1. The van der Waals surface area contributed by atoms with Gasteiger partial charge >= 0.3 is 0 Å². The highest BCUT2D eigenvalue weighted by atomic mass is 79.9. The van der Waals surface area contributed by atoms with Crippen LogP contribution in [0.2, 0.25) is 0 Å². The third kappa shape index (κ3) is 2.69. The summed E-state index contributed by atoms with van der Waals surface area (Å²) in [6.45, 7) is 7.02. The maximum absolute atomic E-state index is 4.02. The fourth-order valence-corrected chi connectivity index (χ4v) is 2.69. The van der Waals surface area contributed by atoms with E-state index in [0.717, 1.165) is 22.4 Å². The van der Waals surface area contributed by atoms with E-state index in [1.165, 1.54) is 16.7 Å². The van der Waals surface area contributed by atoms with E-state index in [4.69, 9.17) is 0 Å². The SMILES string of the molecule is Cc1cc(C)c(NCc2cn[nH]c2C)c(Br)c1. The molecule has 1 aromatic carbocycles. The van der Waals surface area contributed by atoms with Crippen molar-refractivity contribution < 1.29 is 0 Å². The Bertz CT molecular complexity index is 508. The summed E-state index contributed by atoms with van der Waals surface area (Å²) >= 11 is 3.59. The summed E-state index contributed by atoms with van der Waals surface area (Å²) in [5.41, 5.74) is 5.96. The molecule has 17 heavy (non-hydrogen) atoms. The van der Waals surface area contributed by atoms with E-state index in [-0.39, 0.29) is 0 Å². The minimum absolute atomic E-state index is 0.783. The number of aryl methyl sites for hydroxylation is 3. The molecular weight excluding hydrogens is 278 g/mol. The summed E-state index contributed by atoms with van der Waals surface area (Å²) in [6, 6.07) is 4.30. The predicted octanol–water partition coefficient (Wildman–Crippen LogP) is 3.71. The van der Waals surface area contributed by atoms with Crippen LogP contribution in [0.3, 0.4) is 0 Å². The Kier molecular flexibility index (Phi) is 3.52. The molecule has 4 heteroatoms. The maximum atomic E-state index is 4.02. The Balaban J connectivity index is 2.17. The first-order chi connectivity index (χ1) is 8.08. The Morgan fingerprint density at radius 1 is 1.29 bits per heavy atom. The van der Waals surface area contributed by atoms with Crippen molar-refractivity contribution in [3.05, 3.63) is 45.2 Å². The first-order valence-electron chi connectivity index (χ1n) is 5.57. The predicted molar refractivity (Wildman–Crippen MR) is 74.3 cm³/mol. The summed E-state index contributed by atoms with van der Waals surface area (Å²) in [5.74, 6) is 0. The van der Waals surface area contributed by atoms with E-state index < -0.39 is 0 Å². The third-order valence-corrected chi connectivity index (χ3v) is 3.45. The minimum Gasteiger partial charge on any atom is -0.380 e. The topological polar surface area (TPSA) is 40.7 Å². The Morgan fingerprint density at radius 3 is 2.65 bits per heavy atom. The molecule has 3 nitrogen and oxygen atoms in total. The lowest BCUT2D eigenvalue weighted by Gasteiger charge is -2.12. The van der Waals surface area contributed by atoms with Gasteiger partial charge in [-0.2, -0.15) is 5.10 Å². The molecule has 90 valence electrons. The molecule has 0 radical (unpaired) electrons. The maximum Gasteiger partial charge on any atom is 0.0539 e. The fourth-order valence-electron chi connectivity index (χ4n) is 1.88. The summed E-state index contributed by atoms with van der Waals surface area (Å²) in [4.78, 5) is 0. The van der Waals surface area contributed by atoms with Gasteiger partial charge in [0.1, 0.15) is 0 Å². The molecule has 0 bridgehead atoms. The summed E-state index contributed by atoms with van der Waals surface area (Å²) in [7, 11) is 0. The van der Waals surface area contributed by atoms with Crippen molar-refractivity contribution in [3.63, 3.8) is 0 Å². The van der Waals surface area contributed by atoms with Crippen LogP contribution < -0.4 is 5.32 Å². The second-order valence-corrected chi connectivity index (χ2v) is 5.17. The first kappa shape index (κ1) is 12.2. The molecular formula is C13H16BrN3. The highest BCUT2D eigenvalue weighted by molar-refractivity contribution is 9.10. The molecule has 0 aliphatic heterocycles. The Morgan fingerprint density at radius 2 is 2.06 bits per heavy atom. The number of benzene rings is 1. The fraction of sp³-hybridized carbons (Fsp3) is 0.308. The van der Waals surface area contributed by atoms with Crippen LogP contribution in [-0.4, -0.2) is 10.2 Å².